The summed E-state index contributed by atoms with van der Waals surface area (Å²) in [5.74, 6) is -2.37. The van der Waals surface area contributed by atoms with Gasteiger partial charge in [-0.2, -0.15) is 26.3 Å². The van der Waals surface area contributed by atoms with Gasteiger partial charge in [0.2, 0.25) is 0 Å². The molecule has 1 unspecified atom stereocenters. The first-order valence-corrected chi connectivity index (χ1v) is 11.3. The Kier molecular flexibility index (Phi) is 8.89. The number of alkyl halides is 6. The number of rotatable bonds is 9. The Morgan fingerprint density at radius 2 is 1.69 bits per heavy atom. The minimum atomic E-state index is -4.79. The second kappa shape index (κ2) is 11.8. The highest BCUT2D eigenvalue weighted by Gasteiger charge is 2.36. The van der Waals surface area contributed by atoms with Crippen LogP contribution in [0.1, 0.15) is 23.5 Å². The molecule has 2 N–H and O–H groups in total. The molecule has 0 aliphatic carbocycles. The lowest BCUT2D eigenvalue weighted by atomic mass is 9.90. The van der Waals surface area contributed by atoms with Crippen molar-refractivity contribution in [3.8, 4) is 11.4 Å². The van der Waals surface area contributed by atoms with E-state index in [0.29, 0.717) is 20.5 Å². The highest BCUT2D eigenvalue weighted by molar-refractivity contribution is 6.30. The van der Waals surface area contributed by atoms with Crippen LogP contribution in [0.5, 0.6) is 0 Å². The van der Waals surface area contributed by atoms with Gasteiger partial charge in [0, 0.05) is 35.2 Å². The summed E-state index contributed by atoms with van der Waals surface area (Å²) in [6.07, 6.45) is -11.3. The number of carbonyl (C=O) groups is 2. The molecule has 8 nitrogen and oxygen atoms in total. The fourth-order valence-electron chi connectivity index (χ4n) is 3.67. The van der Waals surface area contributed by atoms with Gasteiger partial charge in [0.15, 0.2) is 11.6 Å². The molecule has 1 amide bonds. The Balaban J connectivity index is 1.96. The molecular formula is C24H19ClF6N4O4. The molecule has 15 heteroatoms. The standard InChI is InChI=1S/C24H19ClF6N4O4/c25-16-7-5-14(6-8-16)20-33-35(22(38)34(20)10-9-23(26,27)28)12-17(36)11-15(13-39-21(32)37)18-3-1-2-4-19(18)24(29,30)31/h1-10,15H,11-13H2,(H2,32,37)/b10-9+. The van der Waals surface area contributed by atoms with Gasteiger partial charge in [-0.1, -0.05) is 29.8 Å². The first-order chi connectivity index (χ1) is 18.2. The molecule has 208 valence electrons. The lowest BCUT2D eigenvalue weighted by molar-refractivity contribution is -0.138. The van der Waals surface area contributed by atoms with Crippen molar-refractivity contribution >= 4 is 29.7 Å². The Bertz CT molecular complexity index is 1430. The van der Waals surface area contributed by atoms with Gasteiger partial charge in [-0.05, 0) is 35.9 Å². The number of nitrogens with zero attached hydrogens (tertiary/aromatic N) is 3. The van der Waals surface area contributed by atoms with E-state index >= 15 is 0 Å². The van der Waals surface area contributed by atoms with Crippen LogP contribution in [0.3, 0.4) is 0 Å². The predicted octanol–water partition coefficient (Wildman–Crippen LogP) is 5.26. The number of ether oxygens (including phenoxy) is 1. The number of ketones is 1. The monoisotopic (exact) mass is 576 g/mol. The summed E-state index contributed by atoms with van der Waals surface area (Å²) < 4.78 is 84.9. The fourth-order valence-corrected chi connectivity index (χ4v) is 3.80. The number of hydrogen-bond acceptors (Lipinski definition) is 5. The third kappa shape index (κ3) is 7.96. The molecule has 0 aliphatic heterocycles. The number of aromatic nitrogens is 3. The van der Waals surface area contributed by atoms with E-state index in [1.807, 2.05) is 0 Å². The minimum Gasteiger partial charge on any atom is -0.449 e. The lowest BCUT2D eigenvalue weighted by Gasteiger charge is -2.21. The number of Topliss-reactive ketones (excluding diaryl/α,β-unsaturated/α-hetero) is 1. The maximum absolute atomic E-state index is 13.6. The largest absolute Gasteiger partial charge is 0.449 e. The molecule has 3 aromatic rings. The zero-order valence-electron chi connectivity index (χ0n) is 19.7. The Labute approximate surface area is 221 Å². The molecule has 1 heterocycles. The molecule has 0 saturated carbocycles. The molecule has 0 bridgehead atoms. The molecular weight excluding hydrogens is 558 g/mol. The normalized spacial score (nSPS) is 13.0. The van der Waals surface area contributed by atoms with Gasteiger partial charge < -0.3 is 10.5 Å². The van der Waals surface area contributed by atoms with Crippen molar-refractivity contribution in [1.29, 1.82) is 0 Å². The second-order valence-electron chi connectivity index (χ2n) is 8.15. The highest BCUT2D eigenvalue weighted by atomic mass is 35.5. The predicted molar refractivity (Wildman–Crippen MR) is 128 cm³/mol. The van der Waals surface area contributed by atoms with E-state index in [2.05, 4.69) is 9.84 Å². The Morgan fingerprint density at radius 1 is 1.05 bits per heavy atom. The first-order valence-electron chi connectivity index (χ1n) is 11.0. The molecule has 2 aromatic carbocycles. The zero-order valence-corrected chi connectivity index (χ0v) is 20.4. The number of primary amides is 1. The van der Waals surface area contributed by atoms with Crippen LogP contribution in [-0.2, 0) is 22.3 Å². The van der Waals surface area contributed by atoms with Crippen molar-refractivity contribution in [3.63, 3.8) is 0 Å². The lowest BCUT2D eigenvalue weighted by Crippen LogP contribution is -2.28. The zero-order chi connectivity index (χ0) is 29.0. The summed E-state index contributed by atoms with van der Waals surface area (Å²) >= 11 is 5.84. The van der Waals surface area contributed by atoms with Crippen molar-refractivity contribution in [2.45, 2.75) is 31.2 Å². The van der Waals surface area contributed by atoms with Gasteiger partial charge in [-0.15, -0.1) is 5.10 Å². The minimum absolute atomic E-state index is 0.196. The smallest absolute Gasteiger partial charge is 0.416 e. The number of allylic oxidation sites excluding steroid dienone is 1. The van der Waals surface area contributed by atoms with Crippen molar-refractivity contribution in [2.75, 3.05) is 6.61 Å². The van der Waals surface area contributed by atoms with Crippen LogP contribution < -0.4 is 11.4 Å². The molecule has 0 saturated heterocycles. The van der Waals surface area contributed by atoms with E-state index in [-0.39, 0.29) is 23.0 Å². The van der Waals surface area contributed by atoms with E-state index in [4.69, 9.17) is 17.3 Å². The number of halogens is 7. The second-order valence-corrected chi connectivity index (χ2v) is 8.59. The summed E-state index contributed by atoms with van der Waals surface area (Å²) in [4.78, 5) is 36.9. The van der Waals surface area contributed by atoms with Crippen molar-refractivity contribution in [1.82, 2.24) is 14.3 Å². The van der Waals surface area contributed by atoms with Gasteiger partial charge in [0.1, 0.15) is 13.2 Å². The van der Waals surface area contributed by atoms with Gasteiger partial charge >= 0.3 is 24.1 Å². The van der Waals surface area contributed by atoms with E-state index in [9.17, 15) is 40.7 Å². The summed E-state index contributed by atoms with van der Waals surface area (Å²) in [7, 11) is 0. The van der Waals surface area contributed by atoms with E-state index in [1.165, 1.54) is 30.3 Å². The molecule has 0 radical (unpaired) electrons. The van der Waals surface area contributed by atoms with Crippen LogP contribution in [0.15, 0.2) is 59.4 Å². The van der Waals surface area contributed by atoms with Crippen LogP contribution in [0.25, 0.3) is 17.6 Å². The molecule has 0 fully saturated rings. The van der Waals surface area contributed by atoms with Crippen molar-refractivity contribution in [3.05, 3.63) is 81.2 Å². The van der Waals surface area contributed by atoms with Crippen LogP contribution in [-0.4, -0.2) is 39.0 Å². The third-order valence-electron chi connectivity index (χ3n) is 5.32. The molecule has 0 spiro atoms. The van der Waals surface area contributed by atoms with Gasteiger partial charge in [0.05, 0.1) is 5.56 Å². The van der Waals surface area contributed by atoms with Gasteiger partial charge in [-0.3, -0.25) is 4.79 Å². The average Bonchev–Trinajstić information content (AvgIpc) is 3.14. The maximum atomic E-state index is 13.6. The molecule has 1 aromatic heterocycles. The number of amides is 1. The number of hydrogen-bond donors (Lipinski definition) is 1. The topological polar surface area (TPSA) is 109 Å². The highest BCUT2D eigenvalue weighted by Crippen LogP contribution is 2.36. The average molecular weight is 577 g/mol. The van der Waals surface area contributed by atoms with E-state index in [0.717, 1.165) is 18.2 Å². The summed E-state index contributed by atoms with van der Waals surface area (Å²) in [5.41, 5.74) is 2.59. The number of benzene rings is 2. The summed E-state index contributed by atoms with van der Waals surface area (Å²) in [6.45, 7) is -1.48. The molecule has 0 aliphatic rings. The summed E-state index contributed by atoms with van der Waals surface area (Å²) in [5, 5.41) is 4.26. The van der Waals surface area contributed by atoms with Gasteiger partial charge in [-0.25, -0.2) is 18.8 Å². The van der Waals surface area contributed by atoms with E-state index in [1.54, 1.807) is 0 Å². The molecule has 3 rings (SSSR count). The van der Waals surface area contributed by atoms with E-state index < -0.39 is 61.0 Å². The Hall–Kier alpha value is -4.07. The fraction of sp³-hybridized carbons (Fsp3) is 0.250. The quantitative estimate of drug-likeness (QED) is 0.350. The van der Waals surface area contributed by atoms with Crippen LogP contribution in [0, 0.1) is 0 Å². The van der Waals surface area contributed by atoms with Gasteiger partial charge in [0.25, 0.3) is 0 Å². The van der Waals surface area contributed by atoms with Crippen LogP contribution >= 0.6 is 11.6 Å². The SMILES string of the molecule is NC(=O)OCC(CC(=O)Cn1nc(-c2ccc(Cl)cc2)n(/C=C/C(F)(F)F)c1=O)c1ccccc1C(F)(F)F. The third-order valence-corrected chi connectivity index (χ3v) is 5.57. The number of nitrogens with two attached hydrogens (primary N) is 1. The van der Waals surface area contributed by atoms with Crippen molar-refractivity contribution in [2.24, 2.45) is 5.73 Å². The maximum Gasteiger partial charge on any atom is 0.416 e. The molecule has 1 atom stereocenters. The van der Waals surface area contributed by atoms with Crippen LogP contribution in [0.4, 0.5) is 31.1 Å². The van der Waals surface area contributed by atoms with Crippen LogP contribution in [0.2, 0.25) is 5.02 Å². The summed E-state index contributed by atoms with van der Waals surface area (Å²) in [6, 6.07) is 9.92. The van der Waals surface area contributed by atoms with Crippen molar-refractivity contribution < 1.29 is 40.7 Å². The molecule has 39 heavy (non-hydrogen) atoms. The Morgan fingerprint density at radius 3 is 2.28 bits per heavy atom. The first kappa shape index (κ1) is 29.5. The number of carbonyl (C=O) groups excluding carboxylic acids is 2.